The van der Waals surface area contributed by atoms with E-state index >= 15 is 9.59 Å². The zero-order valence-corrected chi connectivity index (χ0v) is 48.6. The molecule has 2 saturated heterocycles. The largest absolute Gasteiger partial charge is 0.509 e. The number of aliphatic hydroxyl groups is 3. The topological polar surface area (TPSA) is 249 Å². The number of aliphatic hydroxyl groups excluding tert-OH is 3. The molecule has 18 nitrogen and oxygen atoms in total. The lowest BCUT2D eigenvalue weighted by Gasteiger charge is -2.64. The van der Waals surface area contributed by atoms with Crippen LogP contribution in [-0.4, -0.2) is 132 Å². The smallest absolute Gasteiger partial charge is 0.455 e. The van der Waals surface area contributed by atoms with E-state index < -0.39 is 120 Å². The quantitative estimate of drug-likeness (QED) is 0.0256. The van der Waals surface area contributed by atoms with Gasteiger partial charge in [-0.1, -0.05) is 133 Å². The lowest BCUT2D eigenvalue weighted by atomic mass is 9.49. The minimum atomic E-state index is -1.95. The predicted molar refractivity (Wildman–Crippen MR) is 299 cm³/mol. The van der Waals surface area contributed by atoms with Gasteiger partial charge < -0.3 is 58.5 Å². The van der Waals surface area contributed by atoms with Crippen LogP contribution in [0.15, 0.2) is 84.0 Å². The number of hydrogen-bond acceptors (Lipinski definition) is 17. The summed E-state index contributed by atoms with van der Waals surface area (Å²) < 4.78 is 47.3. The summed E-state index contributed by atoms with van der Waals surface area (Å²) in [5, 5.41) is 37.7. The first-order valence-electron chi connectivity index (χ1n) is 29.3. The van der Waals surface area contributed by atoms with E-state index in [4.69, 9.17) is 37.9 Å². The lowest BCUT2D eigenvalue weighted by Crippen LogP contribution is -2.78. The molecule has 12 atom stereocenters. The van der Waals surface area contributed by atoms with Crippen molar-refractivity contribution in [3.63, 3.8) is 0 Å². The highest BCUT2D eigenvalue weighted by Gasteiger charge is 2.73. The maximum Gasteiger partial charge on any atom is 0.509 e. The van der Waals surface area contributed by atoms with Crippen molar-refractivity contribution >= 4 is 35.8 Å². The van der Waals surface area contributed by atoms with E-state index in [0.717, 1.165) is 51.9 Å². The van der Waals surface area contributed by atoms with Crippen LogP contribution in [0.25, 0.3) is 0 Å². The molecule has 1 unspecified atom stereocenters. The van der Waals surface area contributed by atoms with E-state index in [1.807, 2.05) is 0 Å². The van der Waals surface area contributed by atoms with E-state index in [1.165, 1.54) is 59.3 Å². The van der Waals surface area contributed by atoms with Crippen molar-refractivity contribution in [1.29, 1.82) is 0 Å². The second-order valence-corrected chi connectivity index (χ2v) is 23.1. The SMILES string of the molecule is CCCCCCCC/C=C\CCCCCCC[C@H]1OC[C@@H](COC(=O)O[C@@H](C(=O)O[C@@H](CCO)C(C)=C2[C@@H](OC(C)=O)C(=O)[C@@]3(C)C([C@H](O)CC2(C)C)[C@]2(OC(C)=O)CO[C@@H]2C[C@@H]3O)[C@@H](NC(=O)c2ccccc2)c2ccccc2)O1. The molecule has 2 aromatic rings. The maximum absolute atomic E-state index is 15.4. The van der Waals surface area contributed by atoms with E-state index in [2.05, 4.69) is 24.4 Å². The molecule has 2 heterocycles. The fourth-order valence-electron chi connectivity index (χ4n) is 12.4. The van der Waals surface area contributed by atoms with Crippen LogP contribution < -0.4 is 5.32 Å². The monoisotopic (exact) mass is 1130 g/mol. The van der Waals surface area contributed by atoms with E-state index in [0.29, 0.717) is 12.0 Å². The van der Waals surface area contributed by atoms with Crippen LogP contribution in [0, 0.1) is 16.7 Å². The van der Waals surface area contributed by atoms with Crippen molar-refractivity contribution in [3.05, 3.63) is 95.1 Å². The van der Waals surface area contributed by atoms with Gasteiger partial charge in [0.2, 0.25) is 6.10 Å². The van der Waals surface area contributed by atoms with Crippen molar-refractivity contribution in [2.75, 3.05) is 26.4 Å². The number of nitrogens with one attached hydrogen (secondary N) is 1. The Hall–Kier alpha value is -5.50. The van der Waals surface area contributed by atoms with Gasteiger partial charge in [-0.3, -0.25) is 19.2 Å². The van der Waals surface area contributed by atoms with Crippen LogP contribution in [-0.2, 0) is 57.1 Å². The first-order chi connectivity index (χ1) is 38.8. The van der Waals surface area contributed by atoms with Crippen LogP contribution in [0.3, 0.4) is 0 Å². The molecule has 81 heavy (non-hydrogen) atoms. The molecule has 1 amide bonds. The molecule has 6 rings (SSSR count). The Morgan fingerprint density at radius 1 is 0.802 bits per heavy atom. The minimum Gasteiger partial charge on any atom is -0.455 e. The third-order valence-electron chi connectivity index (χ3n) is 16.5. The number of Topliss-reactive ketones (excluding diaryl/α,β-unsaturated/α-hetero) is 1. The molecule has 0 bridgehead atoms. The third-order valence-corrected chi connectivity index (χ3v) is 16.5. The second kappa shape index (κ2) is 30.7. The zero-order valence-electron chi connectivity index (χ0n) is 48.6. The summed E-state index contributed by atoms with van der Waals surface area (Å²) in [5.41, 5.74) is -3.87. The highest BCUT2D eigenvalue weighted by atomic mass is 16.8. The first kappa shape index (κ1) is 64.7. The third kappa shape index (κ3) is 16.8. The molecule has 2 saturated carbocycles. The van der Waals surface area contributed by atoms with Gasteiger partial charge in [-0.05, 0) is 93.1 Å². The Morgan fingerprint density at radius 3 is 2.04 bits per heavy atom. The van der Waals surface area contributed by atoms with Crippen LogP contribution in [0.4, 0.5) is 4.79 Å². The zero-order chi connectivity index (χ0) is 58.7. The molecule has 4 fully saturated rings. The molecule has 448 valence electrons. The van der Waals surface area contributed by atoms with E-state index in [-0.39, 0.29) is 55.8 Å². The molecule has 2 aliphatic heterocycles. The summed E-state index contributed by atoms with van der Waals surface area (Å²) in [6.45, 7) is 10.0. The number of allylic oxidation sites excluding steroid dienone is 2. The van der Waals surface area contributed by atoms with E-state index in [9.17, 15) is 34.5 Å². The number of rotatable bonds is 29. The fraction of sp³-hybridized carbons (Fsp3) is 0.651. The Labute approximate surface area is 478 Å². The molecule has 18 heteroatoms. The second-order valence-electron chi connectivity index (χ2n) is 23.1. The van der Waals surface area contributed by atoms with Gasteiger partial charge in [-0.15, -0.1) is 0 Å². The molecular formula is C63H89NO17. The molecule has 0 aromatic heterocycles. The summed E-state index contributed by atoms with van der Waals surface area (Å²) in [6, 6.07) is 15.1. The van der Waals surface area contributed by atoms with Gasteiger partial charge >= 0.3 is 24.1 Å². The normalized spacial score (nSPS) is 27.7. The molecule has 2 aromatic carbocycles. The van der Waals surface area contributed by atoms with Gasteiger partial charge in [0.15, 0.2) is 23.8 Å². The van der Waals surface area contributed by atoms with Crippen LogP contribution >= 0.6 is 0 Å². The molecule has 4 N–H and O–H groups in total. The minimum absolute atomic E-state index is 0.108. The number of benzene rings is 2. The van der Waals surface area contributed by atoms with Gasteiger partial charge in [0, 0.05) is 44.8 Å². The van der Waals surface area contributed by atoms with Crippen molar-refractivity contribution in [1.82, 2.24) is 5.32 Å². The summed E-state index contributed by atoms with van der Waals surface area (Å²) in [7, 11) is 0. The number of unbranched alkanes of at least 4 members (excludes halogenated alkanes) is 11. The Kier molecular flexibility index (Phi) is 24.5. The number of esters is 3. The number of hydrogen-bond donors (Lipinski definition) is 4. The van der Waals surface area contributed by atoms with Crippen LogP contribution in [0.5, 0.6) is 0 Å². The highest BCUT2D eigenvalue weighted by Crippen LogP contribution is 2.59. The molecule has 4 aliphatic rings. The number of ketones is 1. The van der Waals surface area contributed by atoms with Crippen LogP contribution in [0.1, 0.15) is 180 Å². The van der Waals surface area contributed by atoms with Crippen molar-refractivity contribution in [2.24, 2.45) is 16.7 Å². The maximum atomic E-state index is 15.4. The van der Waals surface area contributed by atoms with Gasteiger partial charge in [0.05, 0.1) is 30.8 Å². The van der Waals surface area contributed by atoms with E-state index in [1.54, 1.807) is 74.5 Å². The average molecular weight is 1130 g/mol. The first-order valence-corrected chi connectivity index (χ1v) is 29.3. The number of fused-ring (bicyclic) bond motifs is 3. The van der Waals surface area contributed by atoms with Crippen LogP contribution in [0.2, 0.25) is 0 Å². The number of carbonyl (C=O) groups excluding carboxylic acids is 6. The fourth-order valence-corrected chi connectivity index (χ4v) is 12.4. The average Bonchev–Trinajstić information content (AvgIpc) is 1.33. The Balaban J connectivity index is 1.20. The van der Waals surface area contributed by atoms with Gasteiger partial charge in [0.1, 0.15) is 31.0 Å². The molecule has 2 aliphatic carbocycles. The molecule has 0 spiro atoms. The summed E-state index contributed by atoms with van der Waals surface area (Å²) >= 11 is 0. The summed E-state index contributed by atoms with van der Waals surface area (Å²) in [6.07, 6.45) is 8.82. The molecule has 0 radical (unpaired) electrons. The summed E-state index contributed by atoms with van der Waals surface area (Å²) in [4.78, 5) is 84.1. The van der Waals surface area contributed by atoms with Gasteiger partial charge in [-0.25, -0.2) is 9.59 Å². The van der Waals surface area contributed by atoms with Crippen molar-refractivity contribution in [2.45, 2.75) is 218 Å². The Morgan fingerprint density at radius 2 is 1.43 bits per heavy atom. The van der Waals surface area contributed by atoms with Crippen molar-refractivity contribution in [3.8, 4) is 0 Å². The number of amides is 1. The molecular weight excluding hydrogens is 1040 g/mol. The number of carbonyl (C=O) groups is 6. The summed E-state index contributed by atoms with van der Waals surface area (Å²) in [5.74, 6) is -5.40. The number of ether oxygens (including phenoxy) is 8. The van der Waals surface area contributed by atoms with Crippen molar-refractivity contribution < 1.29 is 82.0 Å². The van der Waals surface area contributed by atoms with Gasteiger partial charge in [0.25, 0.3) is 5.91 Å². The Bertz CT molecular complexity index is 2450. The standard InChI is InChI=1S/C63H89NO17/c1-8-9-10-11-12-13-14-15-16-17-18-19-20-21-28-33-51-74-38-46(78-51)39-75-60(73)80-55(53(44-29-24-22-25-30-44)64-58(71)45-31-26-23-27-32-45)59(72)79-48(34-35-65)41(2)52-54(77-42(3)66)57(70)62(7)49(69)36-50-63(40-76-50,81-43(4)67)56(62)47(68)37-61(52,5)6/h15-16,22-27,29-32,46-51,53-56,65,68-69H,8-14,17-21,28,33-40H2,1-7H3,(H,64,71)/b16-15-,52-41?/t46-,47+,48-,49-,50+,51-,53-,54+,55+,56?,62+,63-/m0/s1. The predicted octanol–water partition coefficient (Wildman–Crippen LogP) is 9.45. The highest BCUT2D eigenvalue weighted by molar-refractivity contribution is 5.96. The lowest BCUT2D eigenvalue weighted by molar-refractivity contribution is -0.331. The van der Waals surface area contributed by atoms with Gasteiger partial charge in [-0.2, -0.15) is 0 Å².